The van der Waals surface area contributed by atoms with Gasteiger partial charge >= 0.3 is 5.97 Å². The Morgan fingerprint density at radius 2 is 1.77 bits per heavy atom. The first-order valence-electron chi connectivity index (χ1n) is 7.94. The van der Waals surface area contributed by atoms with Crippen molar-refractivity contribution in [2.75, 3.05) is 0 Å². The van der Waals surface area contributed by atoms with Gasteiger partial charge in [-0.2, -0.15) is 0 Å². The monoisotopic (exact) mass is 298 g/mol. The fourth-order valence-corrected chi connectivity index (χ4v) is 3.71. The van der Waals surface area contributed by atoms with Crippen molar-refractivity contribution in [3.05, 3.63) is 48.0 Å². The van der Waals surface area contributed by atoms with E-state index in [0.29, 0.717) is 18.8 Å². The highest BCUT2D eigenvalue weighted by molar-refractivity contribution is 5.91. The Morgan fingerprint density at radius 3 is 2.45 bits per heavy atom. The molecule has 0 saturated heterocycles. The zero-order valence-corrected chi connectivity index (χ0v) is 12.8. The summed E-state index contributed by atoms with van der Waals surface area (Å²) >= 11 is 0. The molecule has 22 heavy (non-hydrogen) atoms. The summed E-state index contributed by atoms with van der Waals surface area (Å²) in [5, 5.41) is 22.8. The lowest BCUT2D eigenvalue weighted by Gasteiger charge is -2.39. The second-order valence-corrected chi connectivity index (χ2v) is 6.63. The molecule has 1 fully saturated rings. The van der Waals surface area contributed by atoms with Crippen LogP contribution in [0.3, 0.4) is 0 Å². The molecule has 0 amide bonds. The van der Waals surface area contributed by atoms with Crippen molar-refractivity contribution < 1.29 is 15.0 Å². The van der Waals surface area contributed by atoms with Crippen LogP contribution in [-0.4, -0.2) is 21.8 Å². The van der Waals surface area contributed by atoms with E-state index >= 15 is 0 Å². The number of rotatable bonds is 3. The van der Waals surface area contributed by atoms with Gasteiger partial charge in [0.25, 0.3) is 0 Å². The van der Waals surface area contributed by atoms with E-state index in [9.17, 15) is 15.0 Å². The fourth-order valence-electron chi connectivity index (χ4n) is 3.71. The average Bonchev–Trinajstić information content (AvgIpc) is 2.51. The van der Waals surface area contributed by atoms with Gasteiger partial charge in [0.05, 0.1) is 5.60 Å². The van der Waals surface area contributed by atoms with Gasteiger partial charge < -0.3 is 10.2 Å². The van der Waals surface area contributed by atoms with Crippen LogP contribution in [0.25, 0.3) is 10.8 Å². The summed E-state index contributed by atoms with van der Waals surface area (Å²) in [6.45, 7) is 2.16. The van der Waals surface area contributed by atoms with Crippen molar-refractivity contribution in [2.45, 2.75) is 44.1 Å². The van der Waals surface area contributed by atoms with E-state index in [1.807, 2.05) is 42.5 Å². The molecule has 1 atom stereocenters. The average molecular weight is 298 g/mol. The number of aliphatic carboxylic acids is 1. The number of carboxylic acids is 1. The number of hydrogen-bond acceptors (Lipinski definition) is 2. The minimum Gasteiger partial charge on any atom is -0.481 e. The van der Waals surface area contributed by atoms with Gasteiger partial charge in [-0.15, -0.1) is 0 Å². The van der Waals surface area contributed by atoms with Gasteiger partial charge in [0.1, 0.15) is 5.92 Å². The zero-order chi connectivity index (χ0) is 15.7. The number of aliphatic hydroxyl groups is 1. The SMILES string of the molecule is CC1CCC(O)(C(C(=O)O)c2cccc3ccccc23)CC1. The third kappa shape index (κ3) is 2.61. The maximum atomic E-state index is 12.0. The minimum atomic E-state index is -1.15. The Kier molecular flexibility index (Phi) is 3.92. The molecule has 1 unspecified atom stereocenters. The highest BCUT2D eigenvalue weighted by Gasteiger charge is 2.44. The number of carboxylic acid groups (broad SMARTS) is 1. The Hall–Kier alpha value is -1.87. The molecule has 0 spiro atoms. The van der Waals surface area contributed by atoms with Gasteiger partial charge in [0, 0.05) is 0 Å². The van der Waals surface area contributed by atoms with Crippen LogP contribution in [0.4, 0.5) is 0 Å². The van der Waals surface area contributed by atoms with Crippen LogP contribution in [-0.2, 0) is 4.79 Å². The van der Waals surface area contributed by atoms with E-state index in [-0.39, 0.29) is 0 Å². The van der Waals surface area contributed by atoms with Crippen molar-refractivity contribution >= 4 is 16.7 Å². The van der Waals surface area contributed by atoms with Gasteiger partial charge in [0.2, 0.25) is 0 Å². The van der Waals surface area contributed by atoms with Crippen LogP contribution in [0.5, 0.6) is 0 Å². The predicted octanol–water partition coefficient (Wildman–Crippen LogP) is 3.95. The van der Waals surface area contributed by atoms with Gasteiger partial charge in [0.15, 0.2) is 0 Å². The van der Waals surface area contributed by atoms with E-state index in [1.165, 1.54) is 0 Å². The second-order valence-electron chi connectivity index (χ2n) is 6.63. The Morgan fingerprint density at radius 1 is 1.14 bits per heavy atom. The lowest BCUT2D eigenvalue weighted by atomic mass is 9.69. The lowest BCUT2D eigenvalue weighted by molar-refractivity contribution is -0.148. The number of hydrogen-bond donors (Lipinski definition) is 2. The summed E-state index contributed by atoms with van der Waals surface area (Å²) < 4.78 is 0. The molecule has 0 aliphatic heterocycles. The number of carbonyl (C=O) groups is 1. The summed E-state index contributed by atoms with van der Waals surface area (Å²) in [5.41, 5.74) is -0.426. The third-order valence-electron chi connectivity index (χ3n) is 5.06. The van der Waals surface area contributed by atoms with Crippen LogP contribution in [0.1, 0.15) is 44.1 Å². The molecule has 2 aromatic carbocycles. The molecule has 1 aliphatic carbocycles. The van der Waals surface area contributed by atoms with Crippen molar-refractivity contribution in [2.24, 2.45) is 5.92 Å². The highest BCUT2D eigenvalue weighted by Crippen LogP contribution is 2.43. The molecule has 0 aromatic heterocycles. The first-order chi connectivity index (χ1) is 10.5. The molecule has 0 bridgehead atoms. The molecule has 3 nitrogen and oxygen atoms in total. The second kappa shape index (κ2) is 5.73. The summed E-state index contributed by atoms with van der Waals surface area (Å²) in [5.74, 6) is -1.25. The standard InChI is InChI=1S/C19H22O3/c1-13-9-11-19(22,12-10-13)17(18(20)21)16-8-4-6-14-5-2-3-7-15(14)16/h2-8,13,17,22H,9-12H2,1H3,(H,20,21). The molecule has 2 aromatic rings. The zero-order valence-electron chi connectivity index (χ0n) is 12.8. The quantitative estimate of drug-likeness (QED) is 0.902. The number of fused-ring (bicyclic) bond motifs is 1. The van der Waals surface area contributed by atoms with Gasteiger partial charge in [-0.1, -0.05) is 49.4 Å². The van der Waals surface area contributed by atoms with Crippen molar-refractivity contribution in [1.82, 2.24) is 0 Å². The largest absolute Gasteiger partial charge is 0.481 e. The van der Waals surface area contributed by atoms with Crippen LogP contribution >= 0.6 is 0 Å². The molecule has 1 aliphatic rings. The third-order valence-corrected chi connectivity index (χ3v) is 5.06. The predicted molar refractivity (Wildman–Crippen MR) is 86.9 cm³/mol. The summed E-state index contributed by atoms with van der Waals surface area (Å²) in [6, 6.07) is 13.5. The number of benzene rings is 2. The molecule has 0 radical (unpaired) electrons. The van der Waals surface area contributed by atoms with E-state index in [4.69, 9.17) is 0 Å². The maximum absolute atomic E-state index is 12.0. The molecule has 1 saturated carbocycles. The summed E-state index contributed by atoms with van der Waals surface area (Å²) in [4.78, 5) is 12.0. The molecule has 0 heterocycles. The molecule has 3 heteroatoms. The molecular weight excluding hydrogens is 276 g/mol. The van der Waals surface area contributed by atoms with Crippen LogP contribution in [0, 0.1) is 5.92 Å². The Labute approximate surface area is 130 Å². The van der Waals surface area contributed by atoms with Crippen LogP contribution in [0.15, 0.2) is 42.5 Å². The van der Waals surface area contributed by atoms with E-state index in [2.05, 4.69) is 6.92 Å². The van der Waals surface area contributed by atoms with Crippen molar-refractivity contribution in [3.63, 3.8) is 0 Å². The summed E-state index contributed by atoms with van der Waals surface area (Å²) in [7, 11) is 0. The van der Waals surface area contributed by atoms with Gasteiger partial charge in [-0.3, -0.25) is 4.79 Å². The maximum Gasteiger partial charge on any atom is 0.313 e. The van der Waals surface area contributed by atoms with Crippen LogP contribution in [0.2, 0.25) is 0 Å². The highest BCUT2D eigenvalue weighted by atomic mass is 16.4. The smallest absolute Gasteiger partial charge is 0.313 e. The van der Waals surface area contributed by atoms with Crippen LogP contribution < -0.4 is 0 Å². The van der Waals surface area contributed by atoms with E-state index in [0.717, 1.165) is 29.2 Å². The molecule has 3 rings (SSSR count). The lowest BCUT2D eigenvalue weighted by Crippen LogP contribution is -2.43. The molecule has 2 N–H and O–H groups in total. The fraction of sp³-hybridized carbons (Fsp3) is 0.421. The minimum absolute atomic E-state index is 0.550. The van der Waals surface area contributed by atoms with Crippen molar-refractivity contribution in [1.29, 1.82) is 0 Å². The van der Waals surface area contributed by atoms with Crippen molar-refractivity contribution in [3.8, 4) is 0 Å². The van der Waals surface area contributed by atoms with Gasteiger partial charge in [-0.05, 0) is 47.9 Å². The van der Waals surface area contributed by atoms with Gasteiger partial charge in [-0.25, -0.2) is 0 Å². The topological polar surface area (TPSA) is 57.5 Å². The normalized spacial score (nSPS) is 26.7. The first kappa shape index (κ1) is 15.0. The molecular formula is C19H22O3. The van der Waals surface area contributed by atoms with E-state index < -0.39 is 17.5 Å². The Balaban J connectivity index is 2.09. The Bertz CT molecular complexity index is 679. The summed E-state index contributed by atoms with van der Waals surface area (Å²) in [6.07, 6.45) is 2.86. The first-order valence-corrected chi connectivity index (χ1v) is 7.94. The van der Waals surface area contributed by atoms with E-state index in [1.54, 1.807) is 0 Å². The molecule has 116 valence electrons.